The Morgan fingerprint density at radius 2 is 1.86 bits per heavy atom. The zero-order valence-electron chi connectivity index (χ0n) is 13.5. The molecule has 2 rings (SSSR count). The molecule has 0 radical (unpaired) electrons. The van der Waals surface area contributed by atoms with Crippen molar-refractivity contribution >= 4 is 17.9 Å². The molecule has 1 aliphatic heterocycles. The van der Waals surface area contributed by atoms with Crippen molar-refractivity contribution in [2.45, 2.75) is 32.6 Å². The number of carbonyl (C=O) groups excluding carboxylic acids is 2. The molecule has 0 aromatic heterocycles. The van der Waals surface area contributed by atoms with Gasteiger partial charge < -0.3 is 10.6 Å². The Labute approximate surface area is 132 Å². The molecular weight excluding hydrogens is 276 g/mol. The topological polar surface area (TPSA) is 63.4 Å². The maximum absolute atomic E-state index is 12.1. The maximum Gasteiger partial charge on any atom is 0.246 e. The summed E-state index contributed by atoms with van der Waals surface area (Å²) in [5.41, 5.74) is 7.66. The summed E-state index contributed by atoms with van der Waals surface area (Å²) in [6, 6.07) is 8.20. The van der Waals surface area contributed by atoms with Gasteiger partial charge in [0.25, 0.3) is 0 Å². The standard InChI is InChI=1S/C18H24N2O2/c1-18(2,3)15-7-4-13(5-8-15)6-9-16(21)20-11-10-14(12-20)17(19)22/h4-9,14H,10-12H2,1-3H3,(H2,19,22)/b9-6+/t14-/m0/s1. The van der Waals surface area contributed by atoms with E-state index in [4.69, 9.17) is 5.73 Å². The SMILES string of the molecule is CC(C)(C)c1ccc(/C=C/C(=O)N2CC[C@H](C(N)=O)C2)cc1. The lowest BCUT2D eigenvalue weighted by Crippen LogP contribution is -2.30. The maximum atomic E-state index is 12.1. The van der Waals surface area contributed by atoms with Crippen molar-refractivity contribution in [3.8, 4) is 0 Å². The van der Waals surface area contributed by atoms with Crippen LogP contribution < -0.4 is 5.73 Å². The summed E-state index contributed by atoms with van der Waals surface area (Å²) in [4.78, 5) is 24.9. The van der Waals surface area contributed by atoms with E-state index in [1.807, 2.05) is 18.2 Å². The summed E-state index contributed by atoms with van der Waals surface area (Å²) >= 11 is 0. The molecule has 0 saturated carbocycles. The van der Waals surface area contributed by atoms with E-state index in [-0.39, 0.29) is 23.1 Å². The molecule has 2 amide bonds. The van der Waals surface area contributed by atoms with Crippen LogP contribution in [0.3, 0.4) is 0 Å². The predicted octanol–water partition coefficient (Wildman–Crippen LogP) is 2.33. The number of likely N-dealkylation sites (tertiary alicyclic amines) is 1. The predicted molar refractivity (Wildman–Crippen MR) is 88.1 cm³/mol. The van der Waals surface area contributed by atoms with Crippen LogP contribution in [-0.4, -0.2) is 29.8 Å². The van der Waals surface area contributed by atoms with E-state index in [1.165, 1.54) is 5.56 Å². The van der Waals surface area contributed by atoms with E-state index >= 15 is 0 Å². The summed E-state index contributed by atoms with van der Waals surface area (Å²) in [6.07, 6.45) is 4.04. The van der Waals surface area contributed by atoms with E-state index in [2.05, 4.69) is 32.9 Å². The van der Waals surface area contributed by atoms with E-state index in [9.17, 15) is 9.59 Å². The van der Waals surface area contributed by atoms with Gasteiger partial charge in [0.15, 0.2) is 0 Å². The second-order valence-electron chi connectivity index (χ2n) is 6.88. The minimum Gasteiger partial charge on any atom is -0.369 e. The Morgan fingerprint density at radius 3 is 2.36 bits per heavy atom. The van der Waals surface area contributed by atoms with Crippen LogP contribution in [0.5, 0.6) is 0 Å². The monoisotopic (exact) mass is 300 g/mol. The molecular formula is C18H24N2O2. The van der Waals surface area contributed by atoms with Crippen molar-refractivity contribution in [1.29, 1.82) is 0 Å². The number of primary amides is 1. The summed E-state index contributed by atoms with van der Waals surface area (Å²) in [7, 11) is 0. The molecule has 0 aliphatic carbocycles. The van der Waals surface area contributed by atoms with Crippen molar-refractivity contribution in [1.82, 2.24) is 4.90 Å². The Morgan fingerprint density at radius 1 is 1.23 bits per heavy atom. The van der Waals surface area contributed by atoms with Gasteiger partial charge in [0, 0.05) is 19.2 Å². The molecule has 0 bridgehead atoms. The van der Waals surface area contributed by atoms with Crippen molar-refractivity contribution in [3.63, 3.8) is 0 Å². The highest BCUT2D eigenvalue weighted by Gasteiger charge is 2.28. The summed E-state index contributed by atoms with van der Waals surface area (Å²) in [5, 5.41) is 0. The van der Waals surface area contributed by atoms with Crippen LogP contribution in [0.4, 0.5) is 0 Å². The molecule has 22 heavy (non-hydrogen) atoms. The number of hydrogen-bond donors (Lipinski definition) is 1. The Hall–Kier alpha value is -2.10. The fourth-order valence-electron chi connectivity index (χ4n) is 2.56. The summed E-state index contributed by atoms with van der Waals surface area (Å²) in [5.74, 6) is -0.593. The van der Waals surface area contributed by atoms with Gasteiger partial charge in [0.2, 0.25) is 11.8 Å². The third-order valence-corrected chi connectivity index (χ3v) is 4.10. The van der Waals surface area contributed by atoms with Gasteiger partial charge >= 0.3 is 0 Å². The fourth-order valence-corrected chi connectivity index (χ4v) is 2.56. The largest absolute Gasteiger partial charge is 0.369 e. The van der Waals surface area contributed by atoms with Crippen molar-refractivity contribution < 1.29 is 9.59 Å². The van der Waals surface area contributed by atoms with Gasteiger partial charge in [-0.1, -0.05) is 45.0 Å². The van der Waals surface area contributed by atoms with Crippen LogP contribution in [0.1, 0.15) is 38.3 Å². The lowest BCUT2D eigenvalue weighted by atomic mass is 9.87. The number of carbonyl (C=O) groups is 2. The first-order valence-corrected chi connectivity index (χ1v) is 7.64. The molecule has 118 valence electrons. The normalized spacial score (nSPS) is 18.9. The van der Waals surface area contributed by atoms with E-state index in [1.54, 1.807) is 11.0 Å². The smallest absolute Gasteiger partial charge is 0.246 e. The fraction of sp³-hybridized carbons (Fsp3) is 0.444. The molecule has 4 nitrogen and oxygen atoms in total. The number of rotatable bonds is 3. The number of amides is 2. The highest BCUT2D eigenvalue weighted by atomic mass is 16.2. The molecule has 0 spiro atoms. The second kappa shape index (κ2) is 6.34. The van der Waals surface area contributed by atoms with Crippen LogP contribution in [-0.2, 0) is 15.0 Å². The second-order valence-corrected chi connectivity index (χ2v) is 6.88. The Kier molecular flexibility index (Phi) is 4.69. The van der Waals surface area contributed by atoms with Gasteiger partial charge in [-0.2, -0.15) is 0 Å². The van der Waals surface area contributed by atoms with Crippen LogP contribution in [0.15, 0.2) is 30.3 Å². The van der Waals surface area contributed by atoms with Gasteiger partial charge in [-0.15, -0.1) is 0 Å². The zero-order chi connectivity index (χ0) is 16.3. The van der Waals surface area contributed by atoms with Gasteiger partial charge in [-0.05, 0) is 29.0 Å². The average Bonchev–Trinajstić information content (AvgIpc) is 2.94. The molecule has 1 aromatic rings. The first-order valence-electron chi connectivity index (χ1n) is 7.64. The molecule has 1 aromatic carbocycles. The van der Waals surface area contributed by atoms with E-state index in [0.29, 0.717) is 19.5 Å². The third-order valence-electron chi connectivity index (χ3n) is 4.10. The van der Waals surface area contributed by atoms with Gasteiger partial charge in [-0.25, -0.2) is 0 Å². The molecule has 0 unspecified atom stereocenters. The molecule has 1 heterocycles. The zero-order valence-corrected chi connectivity index (χ0v) is 13.5. The number of nitrogens with zero attached hydrogens (tertiary/aromatic N) is 1. The van der Waals surface area contributed by atoms with Gasteiger partial charge in [-0.3, -0.25) is 9.59 Å². The molecule has 1 saturated heterocycles. The highest BCUT2D eigenvalue weighted by Crippen LogP contribution is 2.22. The van der Waals surface area contributed by atoms with Crippen LogP contribution in [0, 0.1) is 5.92 Å². The number of benzene rings is 1. The van der Waals surface area contributed by atoms with E-state index < -0.39 is 0 Å². The van der Waals surface area contributed by atoms with Gasteiger partial charge in [0.1, 0.15) is 0 Å². The van der Waals surface area contributed by atoms with Crippen LogP contribution >= 0.6 is 0 Å². The molecule has 2 N–H and O–H groups in total. The minimum atomic E-state index is -0.322. The van der Waals surface area contributed by atoms with Crippen molar-refractivity contribution in [2.24, 2.45) is 11.7 Å². The first-order chi connectivity index (χ1) is 10.3. The third kappa shape index (κ3) is 3.97. The quantitative estimate of drug-likeness (QED) is 0.871. The van der Waals surface area contributed by atoms with E-state index in [0.717, 1.165) is 5.56 Å². The van der Waals surface area contributed by atoms with Crippen molar-refractivity contribution in [2.75, 3.05) is 13.1 Å². The van der Waals surface area contributed by atoms with Crippen molar-refractivity contribution in [3.05, 3.63) is 41.5 Å². The lowest BCUT2D eigenvalue weighted by Gasteiger charge is -2.18. The minimum absolute atomic E-state index is 0.0661. The van der Waals surface area contributed by atoms with Crippen LogP contribution in [0.25, 0.3) is 6.08 Å². The number of nitrogens with two attached hydrogens (primary N) is 1. The van der Waals surface area contributed by atoms with Crippen LogP contribution in [0.2, 0.25) is 0 Å². The average molecular weight is 300 g/mol. The molecule has 4 heteroatoms. The summed E-state index contributed by atoms with van der Waals surface area (Å²) < 4.78 is 0. The molecule has 1 aliphatic rings. The molecule has 1 fully saturated rings. The summed E-state index contributed by atoms with van der Waals surface area (Å²) in [6.45, 7) is 7.54. The Balaban J connectivity index is 1.97. The molecule has 1 atom stereocenters. The lowest BCUT2D eigenvalue weighted by molar-refractivity contribution is -0.125. The highest BCUT2D eigenvalue weighted by molar-refractivity contribution is 5.92. The number of hydrogen-bond acceptors (Lipinski definition) is 2. The van der Waals surface area contributed by atoms with Gasteiger partial charge in [0.05, 0.1) is 5.92 Å². The first kappa shape index (κ1) is 16.3. The Bertz CT molecular complexity index is 582.